The molecule has 0 saturated heterocycles. The van der Waals surface area contributed by atoms with E-state index in [4.69, 9.17) is 4.98 Å². The second-order valence-electron chi connectivity index (χ2n) is 8.97. The van der Waals surface area contributed by atoms with Crippen LogP contribution in [0.1, 0.15) is 37.3 Å². The number of halogens is 1. The van der Waals surface area contributed by atoms with Crippen molar-refractivity contribution in [3.8, 4) is 0 Å². The number of nitrogens with one attached hydrogen (secondary N) is 1. The summed E-state index contributed by atoms with van der Waals surface area (Å²) in [6.45, 7) is 0. The van der Waals surface area contributed by atoms with Gasteiger partial charge in [0.1, 0.15) is 17.5 Å². The van der Waals surface area contributed by atoms with Crippen LogP contribution in [0.5, 0.6) is 0 Å². The van der Waals surface area contributed by atoms with Gasteiger partial charge in [-0.25, -0.2) is 9.37 Å². The Balaban J connectivity index is 1.57. The molecule has 166 valence electrons. The molecule has 1 aliphatic rings. The highest BCUT2D eigenvalue weighted by molar-refractivity contribution is 6.11. The number of carboxylic acid groups (broad SMARTS) is 1. The molecule has 0 radical (unpaired) electrons. The first-order valence-corrected chi connectivity index (χ1v) is 10.9. The van der Waals surface area contributed by atoms with Gasteiger partial charge in [0, 0.05) is 29.1 Å². The zero-order valence-corrected chi connectivity index (χ0v) is 18.0. The van der Waals surface area contributed by atoms with Crippen LogP contribution in [-0.2, 0) is 4.79 Å². The SMILES string of the molecule is CN(C)C(C(=O)O)[C@H]1CC[C@H](c2cn3c4cc[nH]c(=O)c4c4cc(F)ccc4c3n2)CC1. The minimum Gasteiger partial charge on any atom is -0.480 e. The minimum atomic E-state index is -0.776. The average Bonchev–Trinajstić information content (AvgIpc) is 3.19. The lowest BCUT2D eigenvalue weighted by Crippen LogP contribution is -2.43. The number of imidazole rings is 1. The molecule has 2 N–H and O–H groups in total. The fourth-order valence-corrected chi connectivity index (χ4v) is 5.39. The van der Waals surface area contributed by atoms with Crippen molar-refractivity contribution >= 4 is 33.3 Å². The number of rotatable bonds is 4. The number of likely N-dealkylation sites (N-methyl/N-ethyl adjacent to an activating group) is 1. The number of H-pyrrole nitrogens is 1. The van der Waals surface area contributed by atoms with Crippen molar-refractivity contribution in [2.45, 2.75) is 37.6 Å². The monoisotopic (exact) mass is 436 g/mol. The predicted molar refractivity (Wildman–Crippen MR) is 121 cm³/mol. The molecule has 4 aromatic rings. The summed E-state index contributed by atoms with van der Waals surface area (Å²) in [5.41, 5.74) is 2.05. The molecule has 0 aliphatic heterocycles. The number of fused-ring (bicyclic) bond motifs is 6. The van der Waals surface area contributed by atoms with Crippen molar-refractivity contribution in [1.29, 1.82) is 0 Å². The standard InChI is InChI=1S/C24H25FN4O3/c1-28(2)21(24(31)32)14-5-3-13(4-6-14)18-12-29-19-9-10-26-23(30)20(19)17-11-15(25)7-8-16(17)22(29)27-18/h7-14,21H,3-6H2,1-2H3,(H,26,30)(H,31,32)/t13-,14-,21?. The van der Waals surface area contributed by atoms with Gasteiger partial charge < -0.3 is 10.1 Å². The first-order chi connectivity index (χ1) is 15.3. The fraction of sp³-hybridized carbons (Fsp3) is 0.375. The van der Waals surface area contributed by atoms with E-state index in [-0.39, 0.29) is 17.4 Å². The number of carbonyl (C=O) groups is 1. The summed E-state index contributed by atoms with van der Waals surface area (Å²) in [5, 5.41) is 11.3. The summed E-state index contributed by atoms with van der Waals surface area (Å²) in [4.78, 5) is 33.7. The van der Waals surface area contributed by atoms with Crippen LogP contribution in [0.25, 0.3) is 27.3 Å². The molecule has 5 rings (SSSR count). The zero-order valence-electron chi connectivity index (χ0n) is 18.0. The molecule has 32 heavy (non-hydrogen) atoms. The Kier molecular flexibility index (Phi) is 4.97. The molecule has 8 heteroatoms. The maximum atomic E-state index is 14.0. The van der Waals surface area contributed by atoms with E-state index in [9.17, 15) is 19.1 Å². The highest BCUT2D eigenvalue weighted by Gasteiger charge is 2.34. The maximum Gasteiger partial charge on any atom is 0.321 e. The van der Waals surface area contributed by atoms with E-state index < -0.39 is 17.8 Å². The Morgan fingerprint density at radius 1 is 1.22 bits per heavy atom. The smallest absolute Gasteiger partial charge is 0.321 e. The van der Waals surface area contributed by atoms with Crippen LogP contribution in [0.3, 0.4) is 0 Å². The number of aromatic amines is 1. The molecule has 0 amide bonds. The number of benzene rings is 1. The highest BCUT2D eigenvalue weighted by atomic mass is 19.1. The second-order valence-corrected chi connectivity index (χ2v) is 8.97. The van der Waals surface area contributed by atoms with E-state index in [1.54, 1.807) is 17.2 Å². The summed E-state index contributed by atoms with van der Waals surface area (Å²) in [7, 11) is 3.63. The van der Waals surface area contributed by atoms with Crippen LogP contribution < -0.4 is 5.56 Å². The van der Waals surface area contributed by atoms with Gasteiger partial charge in [0.15, 0.2) is 0 Å². The van der Waals surface area contributed by atoms with E-state index in [0.717, 1.165) is 36.8 Å². The Bertz CT molecular complexity index is 1400. The van der Waals surface area contributed by atoms with E-state index in [1.807, 2.05) is 30.8 Å². The molecule has 3 aromatic heterocycles. The van der Waals surface area contributed by atoms with Gasteiger partial charge in [0.2, 0.25) is 0 Å². The minimum absolute atomic E-state index is 0.110. The predicted octanol–water partition coefficient (Wildman–Crippen LogP) is 3.76. The third kappa shape index (κ3) is 3.26. The third-order valence-electron chi connectivity index (χ3n) is 6.86. The van der Waals surface area contributed by atoms with Crippen LogP contribution in [0.15, 0.2) is 41.5 Å². The number of pyridine rings is 2. The Morgan fingerprint density at radius 3 is 2.66 bits per heavy atom. The Labute approximate surface area is 183 Å². The zero-order chi connectivity index (χ0) is 22.6. The molecular weight excluding hydrogens is 411 g/mol. The molecule has 1 unspecified atom stereocenters. The van der Waals surface area contributed by atoms with E-state index >= 15 is 0 Å². The topological polar surface area (TPSA) is 90.7 Å². The molecular formula is C24H25FN4O3. The molecule has 3 heterocycles. The molecule has 1 saturated carbocycles. The van der Waals surface area contributed by atoms with Crippen LogP contribution in [0.2, 0.25) is 0 Å². The van der Waals surface area contributed by atoms with Gasteiger partial charge in [-0.2, -0.15) is 0 Å². The van der Waals surface area contributed by atoms with Gasteiger partial charge >= 0.3 is 5.97 Å². The second kappa shape index (κ2) is 7.70. The lowest BCUT2D eigenvalue weighted by molar-refractivity contribution is -0.144. The summed E-state index contributed by atoms with van der Waals surface area (Å²) < 4.78 is 15.9. The molecule has 7 nitrogen and oxygen atoms in total. The number of hydrogen-bond donors (Lipinski definition) is 2. The van der Waals surface area contributed by atoms with Gasteiger partial charge in [-0.1, -0.05) is 0 Å². The van der Waals surface area contributed by atoms with Crippen molar-refractivity contribution in [2.24, 2.45) is 5.92 Å². The van der Waals surface area contributed by atoms with Crippen molar-refractivity contribution < 1.29 is 14.3 Å². The van der Waals surface area contributed by atoms with Gasteiger partial charge in [-0.05, 0) is 70.0 Å². The number of carboxylic acids is 1. The molecule has 1 aromatic carbocycles. The van der Waals surface area contributed by atoms with Crippen LogP contribution >= 0.6 is 0 Å². The molecule has 0 bridgehead atoms. The first kappa shape index (κ1) is 20.6. The molecule has 1 atom stereocenters. The fourth-order valence-electron chi connectivity index (χ4n) is 5.39. The van der Waals surface area contributed by atoms with Crippen molar-refractivity contribution in [3.63, 3.8) is 0 Å². The quantitative estimate of drug-likeness (QED) is 0.476. The number of aromatic nitrogens is 3. The van der Waals surface area contributed by atoms with Gasteiger partial charge in [0.25, 0.3) is 5.56 Å². The molecule has 0 spiro atoms. The van der Waals surface area contributed by atoms with Crippen molar-refractivity contribution in [2.75, 3.05) is 14.1 Å². The summed E-state index contributed by atoms with van der Waals surface area (Å²) >= 11 is 0. The van der Waals surface area contributed by atoms with Gasteiger partial charge in [-0.3, -0.25) is 18.9 Å². The van der Waals surface area contributed by atoms with E-state index in [0.29, 0.717) is 21.9 Å². The first-order valence-electron chi connectivity index (χ1n) is 10.9. The summed E-state index contributed by atoms with van der Waals surface area (Å²) in [6.07, 6.45) is 6.92. The largest absolute Gasteiger partial charge is 0.480 e. The Morgan fingerprint density at radius 2 is 1.97 bits per heavy atom. The van der Waals surface area contributed by atoms with Gasteiger partial charge in [-0.15, -0.1) is 0 Å². The third-order valence-corrected chi connectivity index (χ3v) is 6.86. The van der Waals surface area contributed by atoms with Crippen molar-refractivity contribution in [3.05, 3.63) is 58.5 Å². The number of aliphatic carboxylic acids is 1. The molecule has 1 aliphatic carbocycles. The van der Waals surface area contributed by atoms with Crippen LogP contribution in [0, 0.1) is 11.7 Å². The summed E-state index contributed by atoms with van der Waals surface area (Å²) in [5.74, 6) is -0.846. The highest BCUT2D eigenvalue weighted by Crippen LogP contribution is 2.39. The normalized spacial score (nSPS) is 20.4. The average molecular weight is 436 g/mol. The Hall–Kier alpha value is -3.26. The lowest BCUT2D eigenvalue weighted by Gasteiger charge is -2.34. The van der Waals surface area contributed by atoms with Crippen LogP contribution in [-0.4, -0.2) is 50.5 Å². The van der Waals surface area contributed by atoms with E-state index in [2.05, 4.69) is 4.98 Å². The van der Waals surface area contributed by atoms with E-state index in [1.165, 1.54) is 12.1 Å². The summed E-state index contributed by atoms with van der Waals surface area (Å²) in [6, 6.07) is 5.78. The van der Waals surface area contributed by atoms with Gasteiger partial charge in [0.05, 0.1) is 16.6 Å². The number of nitrogens with zero attached hydrogens (tertiary/aromatic N) is 3. The maximum absolute atomic E-state index is 14.0. The lowest BCUT2D eigenvalue weighted by atomic mass is 9.77. The van der Waals surface area contributed by atoms with Crippen LogP contribution in [0.4, 0.5) is 4.39 Å². The molecule has 1 fully saturated rings. The number of hydrogen-bond acceptors (Lipinski definition) is 4. The van der Waals surface area contributed by atoms with Crippen molar-refractivity contribution in [1.82, 2.24) is 19.3 Å².